The monoisotopic (exact) mass is 389 g/mol. The van der Waals surface area contributed by atoms with E-state index in [0.29, 0.717) is 16.3 Å². The van der Waals surface area contributed by atoms with E-state index in [1.54, 1.807) is 30.3 Å². The second-order valence-corrected chi connectivity index (χ2v) is 6.34. The number of nitrogens with one attached hydrogen (secondary N) is 1. The summed E-state index contributed by atoms with van der Waals surface area (Å²) in [5.41, 5.74) is 4.67. The van der Waals surface area contributed by atoms with E-state index in [1.807, 2.05) is 13.0 Å². The minimum atomic E-state index is -0.403. The number of carbonyl (C=O) groups excluding carboxylic acids is 1. The molecule has 0 saturated carbocycles. The molecule has 1 amide bonds. The number of nitrogens with zero attached hydrogens (tertiary/aromatic N) is 2. The van der Waals surface area contributed by atoms with Gasteiger partial charge in [0, 0.05) is 35.4 Å². The first-order valence-corrected chi connectivity index (χ1v) is 9.11. The molecule has 0 atom stereocenters. The van der Waals surface area contributed by atoms with E-state index >= 15 is 0 Å². The molecule has 2 N–H and O–H groups in total. The van der Waals surface area contributed by atoms with Gasteiger partial charge in [-0.25, -0.2) is 5.43 Å². The van der Waals surface area contributed by atoms with E-state index in [4.69, 9.17) is 16.3 Å². The molecule has 0 bridgehead atoms. The van der Waals surface area contributed by atoms with Gasteiger partial charge in [-0.05, 0) is 56.7 Å². The van der Waals surface area contributed by atoms with Crippen molar-refractivity contribution >= 4 is 29.4 Å². The third kappa shape index (κ3) is 5.89. The highest BCUT2D eigenvalue weighted by Crippen LogP contribution is 2.23. The van der Waals surface area contributed by atoms with Crippen molar-refractivity contribution in [2.45, 2.75) is 20.8 Å². The molecule has 0 aliphatic heterocycles. The van der Waals surface area contributed by atoms with Gasteiger partial charge in [-0.2, -0.15) is 5.10 Å². The van der Waals surface area contributed by atoms with Crippen molar-refractivity contribution in [3.05, 3.63) is 52.5 Å². The molecule has 0 spiro atoms. The lowest BCUT2D eigenvalue weighted by Crippen LogP contribution is -2.24. The van der Waals surface area contributed by atoms with Crippen molar-refractivity contribution in [2.75, 3.05) is 24.6 Å². The van der Waals surface area contributed by atoms with Crippen molar-refractivity contribution in [2.24, 2.45) is 5.10 Å². The normalized spacial score (nSPS) is 10.8. The number of rotatable bonds is 8. The Kier molecular flexibility index (Phi) is 7.49. The van der Waals surface area contributed by atoms with Gasteiger partial charge in [0.05, 0.1) is 6.21 Å². The molecule has 0 aliphatic rings. The Bertz CT molecular complexity index is 820. The first-order chi connectivity index (χ1) is 12.9. The zero-order chi connectivity index (χ0) is 19.8. The SMILES string of the molecule is CCN(CC)c1ccc(/C=N/NC(=O)COc2ccc(Cl)cc2C)c(O)c1. The second kappa shape index (κ2) is 9.83. The lowest BCUT2D eigenvalue weighted by Gasteiger charge is -2.21. The zero-order valence-corrected chi connectivity index (χ0v) is 16.5. The topological polar surface area (TPSA) is 74.2 Å². The molecule has 2 rings (SSSR count). The quantitative estimate of drug-likeness (QED) is 0.533. The lowest BCUT2D eigenvalue weighted by atomic mass is 10.2. The molecule has 0 heterocycles. The van der Waals surface area contributed by atoms with Crippen LogP contribution < -0.4 is 15.1 Å². The Labute approximate surface area is 164 Å². The number of benzene rings is 2. The number of anilines is 1. The summed E-state index contributed by atoms with van der Waals surface area (Å²) < 4.78 is 5.45. The summed E-state index contributed by atoms with van der Waals surface area (Å²) in [6, 6.07) is 10.5. The van der Waals surface area contributed by atoms with Gasteiger partial charge in [0.25, 0.3) is 5.91 Å². The number of hydrazone groups is 1. The largest absolute Gasteiger partial charge is 0.507 e. The fourth-order valence-electron chi connectivity index (χ4n) is 2.55. The van der Waals surface area contributed by atoms with Gasteiger partial charge in [0.15, 0.2) is 6.61 Å². The highest BCUT2D eigenvalue weighted by atomic mass is 35.5. The van der Waals surface area contributed by atoms with Crippen LogP contribution in [-0.4, -0.2) is 36.9 Å². The molecule has 0 aliphatic carbocycles. The van der Waals surface area contributed by atoms with Crippen LogP contribution in [0.2, 0.25) is 5.02 Å². The highest BCUT2D eigenvalue weighted by molar-refractivity contribution is 6.30. The smallest absolute Gasteiger partial charge is 0.277 e. The molecule has 7 heteroatoms. The van der Waals surface area contributed by atoms with E-state index in [1.165, 1.54) is 6.21 Å². The van der Waals surface area contributed by atoms with Gasteiger partial charge in [-0.15, -0.1) is 0 Å². The molecular formula is C20H24ClN3O3. The molecule has 0 saturated heterocycles. The molecule has 0 radical (unpaired) electrons. The summed E-state index contributed by atoms with van der Waals surface area (Å²) in [6.45, 7) is 7.49. The first kappa shape index (κ1) is 20.6. The molecule has 144 valence electrons. The number of phenolic OH excluding ortho intramolecular Hbond substituents is 1. The maximum atomic E-state index is 11.8. The minimum absolute atomic E-state index is 0.102. The fraction of sp³-hybridized carbons (Fsp3) is 0.300. The summed E-state index contributed by atoms with van der Waals surface area (Å²) in [6.07, 6.45) is 1.40. The van der Waals surface area contributed by atoms with Crippen molar-refractivity contribution < 1.29 is 14.6 Å². The molecular weight excluding hydrogens is 366 g/mol. The molecule has 0 unspecified atom stereocenters. The van der Waals surface area contributed by atoms with E-state index in [0.717, 1.165) is 24.3 Å². The number of amides is 1. The van der Waals surface area contributed by atoms with Gasteiger partial charge in [-0.1, -0.05) is 11.6 Å². The molecule has 6 nitrogen and oxygen atoms in total. The summed E-state index contributed by atoms with van der Waals surface area (Å²) in [5.74, 6) is 0.286. The number of hydrogen-bond acceptors (Lipinski definition) is 5. The van der Waals surface area contributed by atoms with Crippen LogP contribution in [0.15, 0.2) is 41.5 Å². The van der Waals surface area contributed by atoms with Crippen LogP contribution in [0.25, 0.3) is 0 Å². The third-order valence-electron chi connectivity index (χ3n) is 4.03. The van der Waals surface area contributed by atoms with Crippen LogP contribution in [0.5, 0.6) is 11.5 Å². The Morgan fingerprint density at radius 1 is 1.26 bits per heavy atom. The van der Waals surface area contributed by atoms with Crippen LogP contribution in [0.1, 0.15) is 25.0 Å². The number of halogens is 1. The van der Waals surface area contributed by atoms with Crippen molar-refractivity contribution in [3.63, 3.8) is 0 Å². The summed E-state index contributed by atoms with van der Waals surface area (Å²) in [7, 11) is 0. The van der Waals surface area contributed by atoms with Crippen LogP contribution >= 0.6 is 11.6 Å². The Morgan fingerprint density at radius 3 is 2.63 bits per heavy atom. The highest BCUT2D eigenvalue weighted by Gasteiger charge is 2.07. The van der Waals surface area contributed by atoms with Crippen molar-refractivity contribution in [3.8, 4) is 11.5 Å². The summed E-state index contributed by atoms with van der Waals surface area (Å²) in [5, 5.41) is 14.6. The van der Waals surface area contributed by atoms with Gasteiger partial charge in [-0.3, -0.25) is 4.79 Å². The van der Waals surface area contributed by atoms with Crippen molar-refractivity contribution in [1.29, 1.82) is 0 Å². The van der Waals surface area contributed by atoms with Crippen LogP contribution in [-0.2, 0) is 4.79 Å². The number of carbonyl (C=O) groups is 1. The predicted octanol–water partition coefficient (Wildman–Crippen LogP) is 3.73. The van der Waals surface area contributed by atoms with Crippen LogP contribution in [0.3, 0.4) is 0 Å². The third-order valence-corrected chi connectivity index (χ3v) is 4.27. The van der Waals surface area contributed by atoms with Gasteiger partial charge < -0.3 is 14.7 Å². The molecule has 2 aromatic rings. The average Bonchev–Trinajstić information content (AvgIpc) is 2.63. The van der Waals surface area contributed by atoms with Gasteiger partial charge >= 0.3 is 0 Å². The zero-order valence-electron chi connectivity index (χ0n) is 15.7. The number of ether oxygens (including phenoxy) is 1. The van der Waals surface area contributed by atoms with Crippen molar-refractivity contribution in [1.82, 2.24) is 5.43 Å². The van der Waals surface area contributed by atoms with E-state index in [-0.39, 0.29) is 12.4 Å². The van der Waals surface area contributed by atoms with Gasteiger partial charge in [0.2, 0.25) is 0 Å². The fourth-order valence-corrected chi connectivity index (χ4v) is 2.78. The minimum Gasteiger partial charge on any atom is -0.507 e. The lowest BCUT2D eigenvalue weighted by molar-refractivity contribution is -0.123. The first-order valence-electron chi connectivity index (χ1n) is 8.73. The van der Waals surface area contributed by atoms with E-state index in [9.17, 15) is 9.90 Å². The number of aromatic hydroxyl groups is 1. The molecule has 27 heavy (non-hydrogen) atoms. The maximum absolute atomic E-state index is 11.8. The Morgan fingerprint density at radius 2 is 2.00 bits per heavy atom. The van der Waals surface area contributed by atoms with Gasteiger partial charge in [0.1, 0.15) is 11.5 Å². The van der Waals surface area contributed by atoms with E-state index < -0.39 is 5.91 Å². The molecule has 2 aromatic carbocycles. The summed E-state index contributed by atoms with van der Waals surface area (Å²) in [4.78, 5) is 14.0. The Hall–Kier alpha value is -2.73. The average molecular weight is 390 g/mol. The number of phenols is 1. The van der Waals surface area contributed by atoms with Crippen LogP contribution in [0.4, 0.5) is 5.69 Å². The predicted molar refractivity (Wildman–Crippen MR) is 109 cm³/mol. The number of hydrogen-bond donors (Lipinski definition) is 2. The van der Waals surface area contributed by atoms with E-state index in [2.05, 4.69) is 29.3 Å². The standard InChI is InChI=1S/C20H24ClN3O3/c1-4-24(5-2)17-8-6-15(18(25)11-17)12-22-23-20(26)13-27-19-9-7-16(21)10-14(19)3/h6-12,25H,4-5,13H2,1-3H3,(H,23,26)/b22-12+. The maximum Gasteiger partial charge on any atom is 0.277 e. The molecule has 0 fully saturated rings. The summed E-state index contributed by atoms with van der Waals surface area (Å²) >= 11 is 5.89. The number of aryl methyl sites for hydroxylation is 1. The second-order valence-electron chi connectivity index (χ2n) is 5.91. The Balaban J connectivity index is 1.90. The van der Waals surface area contributed by atoms with Crippen LogP contribution in [0, 0.1) is 6.92 Å². The molecule has 0 aromatic heterocycles.